The number of aromatic nitrogens is 2. The lowest BCUT2D eigenvalue weighted by atomic mass is 9.98. The molecule has 0 unspecified atom stereocenters. The highest BCUT2D eigenvalue weighted by molar-refractivity contribution is 5.92. The fourth-order valence-corrected chi connectivity index (χ4v) is 4.13. The number of rotatable bonds is 8. The van der Waals surface area contributed by atoms with Crippen LogP contribution in [0, 0.1) is 6.92 Å². The van der Waals surface area contributed by atoms with Gasteiger partial charge in [-0.3, -0.25) is 4.79 Å². The van der Waals surface area contributed by atoms with E-state index >= 15 is 0 Å². The summed E-state index contributed by atoms with van der Waals surface area (Å²) in [4.78, 5) is 27.5. The first kappa shape index (κ1) is 21.3. The maximum Gasteiger partial charge on any atom is 0.341 e. The Kier molecular flexibility index (Phi) is 6.03. The van der Waals surface area contributed by atoms with Gasteiger partial charge in [0.15, 0.2) is 12.9 Å². The van der Waals surface area contributed by atoms with E-state index in [1.54, 1.807) is 0 Å². The third-order valence-corrected chi connectivity index (χ3v) is 5.47. The molecule has 0 saturated carbocycles. The Morgan fingerprint density at radius 3 is 2.56 bits per heavy atom. The Morgan fingerprint density at radius 1 is 1.12 bits per heavy atom. The zero-order chi connectivity index (χ0) is 22.7. The van der Waals surface area contributed by atoms with Gasteiger partial charge in [0.2, 0.25) is 5.88 Å². The van der Waals surface area contributed by atoms with E-state index in [2.05, 4.69) is 35.3 Å². The average Bonchev–Trinajstić information content (AvgIpc) is 3.10. The maximum absolute atomic E-state index is 12.1. The van der Waals surface area contributed by atoms with Crippen LogP contribution in [-0.2, 0) is 17.6 Å². The van der Waals surface area contributed by atoms with Gasteiger partial charge in [-0.05, 0) is 35.6 Å². The van der Waals surface area contributed by atoms with Crippen molar-refractivity contribution in [3.63, 3.8) is 0 Å². The molecule has 2 heterocycles. The van der Waals surface area contributed by atoms with E-state index in [0.717, 1.165) is 34.2 Å². The quantitative estimate of drug-likeness (QED) is 0.410. The molecule has 1 N–H and O–H groups in total. The van der Waals surface area contributed by atoms with E-state index < -0.39 is 12.6 Å². The molecule has 0 spiro atoms. The van der Waals surface area contributed by atoms with E-state index in [1.165, 1.54) is 0 Å². The summed E-state index contributed by atoms with van der Waals surface area (Å²) in [6.07, 6.45) is 3.94. The molecule has 0 saturated heterocycles. The van der Waals surface area contributed by atoms with Crippen molar-refractivity contribution in [2.45, 2.75) is 26.7 Å². The lowest BCUT2D eigenvalue weighted by molar-refractivity contribution is -0.139. The fourth-order valence-electron chi connectivity index (χ4n) is 4.13. The maximum atomic E-state index is 12.1. The highest BCUT2D eigenvalue weighted by Gasteiger charge is 2.22. The summed E-state index contributed by atoms with van der Waals surface area (Å²) in [6, 6.07) is 18.5. The van der Waals surface area contributed by atoms with Crippen LogP contribution in [0.4, 0.5) is 0 Å². The van der Waals surface area contributed by atoms with Crippen LogP contribution in [0.3, 0.4) is 0 Å². The zero-order valence-electron chi connectivity index (χ0n) is 18.0. The third kappa shape index (κ3) is 4.12. The van der Waals surface area contributed by atoms with Crippen molar-refractivity contribution < 1.29 is 19.4 Å². The van der Waals surface area contributed by atoms with E-state index in [4.69, 9.17) is 9.84 Å². The summed E-state index contributed by atoms with van der Waals surface area (Å²) >= 11 is 0. The van der Waals surface area contributed by atoms with Crippen LogP contribution in [-0.4, -0.2) is 33.4 Å². The minimum absolute atomic E-state index is 0.161. The van der Waals surface area contributed by atoms with Crippen LogP contribution >= 0.6 is 0 Å². The summed E-state index contributed by atoms with van der Waals surface area (Å²) in [5.41, 5.74) is 6.95. The Morgan fingerprint density at radius 2 is 1.88 bits per heavy atom. The molecule has 2 aromatic carbocycles. The van der Waals surface area contributed by atoms with E-state index in [-0.39, 0.29) is 5.88 Å². The SMILES string of the molecule is CCc1c(C=O)c2c(OCC(=O)O)nc(C)cn2c1Cc1cccc(-c2ccccc2)c1. The number of hydrogen-bond donors (Lipinski definition) is 1. The van der Waals surface area contributed by atoms with Crippen LogP contribution in [0.2, 0.25) is 0 Å². The number of fused-ring (bicyclic) bond motifs is 1. The van der Waals surface area contributed by atoms with Crippen molar-refractivity contribution >= 4 is 17.8 Å². The number of ether oxygens (including phenoxy) is 1. The van der Waals surface area contributed by atoms with Gasteiger partial charge in [-0.2, -0.15) is 0 Å². The second kappa shape index (κ2) is 9.06. The Bertz CT molecular complexity index is 1290. The summed E-state index contributed by atoms with van der Waals surface area (Å²) in [7, 11) is 0. The lowest BCUT2D eigenvalue weighted by Crippen LogP contribution is -2.12. The molecule has 0 amide bonds. The molecular weight excluding hydrogens is 404 g/mol. The Labute approximate surface area is 186 Å². The number of aldehydes is 1. The number of aliphatic carboxylic acids is 1. The number of nitrogens with zero attached hydrogens (tertiary/aromatic N) is 2. The lowest BCUT2D eigenvalue weighted by Gasteiger charge is -2.10. The second-order valence-corrected chi connectivity index (χ2v) is 7.64. The van der Waals surface area contributed by atoms with Crippen molar-refractivity contribution in [2.24, 2.45) is 0 Å². The standard InChI is InChI=1S/C26H24N2O4/c1-3-21-22(15-29)25-26(32-16-24(30)31)27-17(2)14-28(25)23(21)13-18-8-7-11-20(12-18)19-9-5-4-6-10-19/h4-12,14-15H,3,13,16H2,1-2H3,(H,30,31). The molecule has 4 rings (SSSR count). The van der Waals surface area contributed by atoms with E-state index in [1.807, 2.05) is 48.7 Å². The molecule has 32 heavy (non-hydrogen) atoms. The van der Waals surface area contributed by atoms with E-state index in [0.29, 0.717) is 29.6 Å². The molecule has 0 aliphatic rings. The van der Waals surface area contributed by atoms with Gasteiger partial charge in [0, 0.05) is 23.9 Å². The predicted molar refractivity (Wildman–Crippen MR) is 123 cm³/mol. The predicted octanol–water partition coefficient (Wildman–Crippen LogP) is 4.74. The molecule has 4 aromatic rings. The number of hydrogen-bond acceptors (Lipinski definition) is 4. The van der Waals surface area contributed by atoms with Crippen LogP contribution in [0.25, 0.3) is 16.6 Å². The molecule has 6 nitrogen and oxygen atoms in total. The molecular formula is C26H24N2O4. The highest BCUT2D eigenvalue weighted by Crippen LogP contribution is 2.32. The normalized spacial score (nSPS) is 10.9. The zero-order valence-corrected chi connectivity index (χ0v) is 18.0. The van der Waals surface area contributed by atoms with Gasteiger partial charge in [-0.25, -0.2) is 9.78 Å². The fraction of sp³-hybridized carbons (Fsp3) is 0.192. The first-order chi connectivity index (χ1) is 15.5. The smallest absolute Gasteiger partial charge is 0.341 e. The highest BCUT2D eigenvalue weighted by atomic mass is 16.5. The van der Waals surface area contributed by atoms with Crippen LogP contribution in [0.5, 0.6) is 5.88 Å². The minimum Gasteiger partial charge on any atom is -0.479 e. The summed E-state index contributed by atoms with van der Waals surface area (Å²) in [5, 5.41) is 9.03. The molecule has 0 aliphatic heterocycles. The number of carboxylic acid groups (broad SMARTS) is 1. The van der Waals surface area contributed by atoms with Gasteiger partial charge < -0.3 is 14.2 Å². The summed E-state index contributed by atoms with van der Waals surface area (Å²) in [5.74, 6) is -0.937. The molecule has 6 heteroatoms. The molecule has 0 radical (unpaired) electrons. The second-order valence-electron chi connectivity index (χ2n) is 7.64. The third-order valence-electron chi connectivity index (χ3n) is 5.47. The van der Waals surface area contributed by atoms with Crippen molar-refractivity contribution in [3.05, 3.63) is 88.9 Å². The molecule has 162 valence electrons. The van der Waals surface area contributed by atoms with Gasteiger partial charge in [0.25, 0.3) is 0 Å². The number of carbonyl (C=O) groups is 2. The van der Waals surface area contributed by atoms with Gasteiger partial charge >= 0.3 is 5.97 Å². The van der Waals surface area contributed by atoms with Gasteiger partial charge in [-0.1, -0.05) is 61.5 Å². The molecule has 0 aliphatic carbocycles. The Balaban J connectivity index is 1.84. The van der Waals surface area contributed by atoms with Crippen molar-refractivity contribution in [2.75, 3.05) is 6.61 Å². The van der Waals surface area contributed by atoms with Crippen molar-refractivity contribution in [1.29, 1.82) is 0 Å². The number of carbonyl (C=O) groups excluding carboxylic acids is 1. The first-order valence-corrected chi connectivity index (χ1v) is 10.5. The molecule has 0 atom stereocenters. The molecule has 0 fully saturated rings. The number of carboxylic acids is 1. The average molecular weight is 428 g/mol. The minimum atomic E-state index is -1.10. The van der Waals surface area contributed by atoms with Gasteiger partial charge in [-0.15, -0.1) is 0 Å². The van der Waals surface area contributed by atoms with Crippen molar-refractivity contribution in [1.82, 2.24) is 9.38 Å². The largest absolute Gasteiger partial charge is 0.479 e. The Hall–Kier alpha value is -3.93. The number of aryl methyl sites for hydroxylation is 1. The van der Waals surface area contributed by atoms with E-state index in [9.17, 15) is 9.59 Å². The topological polar surface area (TPSA) is 80.9 Å². The molecule has 2 aromatic heterocycles. The number of benzene rings is 2. The summed E-state index contributed by atoms with van der Waals surface area (Å²) < 4.78 is 7.38. The van der Waals surface area contributed by atoms with Crippen molar-refractivity contribution in [3.8, 4) is 17.0 Å². The molecule has 0 bridgehead atoms. The van der Waals surface area contributed by atoms with Crippen LogP contribution < -0.4 is 4.74 Å². The monoisotopic (exact) mass is 428 g/mol. The van der Waals surface area contributed by atoms with Gasteiger partial charge in [0.1, 0.15) is 5.52 Å². The van der Waals surface area contributed by atoms with Crippen LogP contribution in [0.1, 0.15) is 39.8 Å². The van der Waals surface area contributed by atoms with Crippen LogP contribution in [0.15, 0.2) is 60.8 Å². The van der Waals surface area contributed by atoms with Gasteiger partial charge in [0.05, 0.1) is 5.69 Å². The summed E-state index contributed by atoms with van der Waals surface area (Å²) in [6.45, 7) is 3.30. The first-order valence-electron chi connectivity index (χ1n) is 10.5.